The lowest BCUT2D eigenvalue weighted by molar-refractivity contribution is 0.573. The van der Waals surface area contributed by atoms with Crippen molar-refractivity contribution in [3.8, 4) is 0 Å². The van der Waals surface area contributed by atoms with Crippen LogP contribution in [0.4, 0.5) is 0 Å². The minimum Gasteiger partial charge on any atom is -0.306 e. The molecule has 0 amide bonds. The lowest BCUT2D eigenvalue weighted by atomic mass is 10.1. The summed E-state index contributed by atoms with van der Waals surface area (Å²) >= 11 is 0. The van der Waals surface area contributed by atoms with E-state index in [1.165, 1.54) is 16.7 Å². The van der Waals surface area contributed by atoms with Crippen molar-refractivity contribution in [3.63, 3.8) is 0 Å². The summed E-state index contributed by atoms with van der Waals surface area (Å²) in [6.45, 7) is 5.28. The number of hydrogen-bond donors (Lipinski definition) is 1. The van der Waals surface area contributed by atoms with E-state index in [1.54, 1.807) is 0 Å². The van der Waals surface area contributed by atoms with E-state index in [4.69, 9.17) is 0 Å². The smallest absolute Gasteiger partial charge is 0.0294 e. The molecule has 0 spiro atoms. The Bertz CT molecular complexity index is 462. The van der Waals surface area contributed by atoms with Gasteiger partial charge in [0.05, 0.1) is 0 Å². The Hall–Kier alpha value is -1.60. The fraction of sp³-hybridized carbons (Fsp3) is 0.250. The minimum atomic E-state index is 0.385. The lowest BCUT2D eigenvalue weighted by Gasteiger charge is -2.15. The molecule has 2 aromatic carbocycles. The number of nitrogens with one attached hydrogen (secondary N) is 1. The largest absolute Gasteiger partial charge is 0.306 e. The van der Waals surface area contributed by atoms with Gasteiger partial charge in [-0.05, 0) is 30.5 Å². The van der Waals surface area contributed by atoms with E-state index < -0.39 is 0 Å². The molecule has 17 heavy (non-hydrogen) atoms. The molecule has 1 heteroatoms. The number of hydrogen-bond acceptors (Lipinski definition) is 1. The van der Waals surface area contributed by atoms with Crippen molar-refractivity contribution in [2.45, 2.75) is 26.4 Å². The maximum absolute atomic E-state index is 3.56. The molecule has 0 unspecified atom stereocenters. The van der Waals surface area contributed by atoms with Crippen molar-refractivity contribution in [2.75, 3.05) is 0 Å². The molecule has 0 heterocycles. The van der Waals surface area contributed by atoms with Crippen LogP contribution < -0.4 is 5.32 Å². The van der Waals surface area contributed by atoms with Gasteiger partial charge in [0, 0.05) is 12.6 Å². The van der Waals surface area contributed by atoms with Crippen LogP contribution >= 0.6 is 0 Å². The van der Waals surface area contributed by atoms with Crippen LogP contribution in [-0.2, 0) is 6.54 Å². The third kappa shape index (κ3) is 3.18. The van der Waals surface area contributed by atoms with Gasteiger partial charge in [-0.3, -0.25) is 0 Å². The van der Waals surface area contributed by atoms with Gasteiger partial charge >= 0.3 is 0 Å². The van der Waals surface area contributed by atoms with Crippen LogP contribution in [0.2, 0.25) is 0 Å². The predicted octanol–water partition coefficient (Wildman–Crippen LogP) is 3.85. The van der Waals surface area contributed by atoms with Gasteiger partial charge in [0.15, 0.2) is 0 Å². The molecule has 0 aliphatic heterocycles. The standard InChI is InChI=1S/C16H19N/c1-13-8-6-7-11-16(13)12-17-14(2)15-9-4-3-5-10-15/h3-11,14,17H,12H2,1-2H3/t14-/m0/s1. The van der Waals surface area contributed by atoms with E-state index in [2.05, 4.69) is 73.8 Å². The van der Waals surface area contributed by atoms with E-state index in [0.717, 1.165) is 6.54 Å². The molecule has 1 N–H and O–H groups in total. The first-order chi connectivity index (χ1) is 8.27. The SMILES string of the molecule is Cc1ccccc1CN[C@@H](C)c1ccccc1. The average Bonchev–Trinajstić information content (AvgIpc) is 2.38. The van der Waals surface area contributed by atoms with Gasteiger partial charge in [-0.1, -0.05) is 54.6 Å². The summed E-state index contributed by atoms with van der Waals surface area (Å²) in [6, 6.07) is 19.4. The molecule has 0 aromatic heterocycles. The molecule has 1 atom stereocenters. The van der Waals surface area contributed by atoms with Crippen molar-refractivity contribution < 1.29 is 0 Å². The maximum Gasteiger partial charge on any atom is 0.0294 e. The van der Waals surface area contributed by atoms with Gasteiger partial charge in [-0.2, -0.15) is 0 Å². The Morgan fingerprint density at radius 2 is 1.59 bits per heavy atom. The molecule has 88 valence electrons. The third-order valence-corrected chi connectivity index (χ3v) is 3.16. The van der Waals surface area contributed by atoms with Crippen molar-refractivity contribution in [1.82, 2.24) is 5.32 Å². The molecular weight excluding hydrogens is 206 g/mol. The first-order valence-electron chi connectivity index (χ1n) is 6.10. The number of benzene rings is 2. The second-order valence-electron chi connectivity index (χ2n) is 4.44. The summed E-state index contributed by atoms with van der Waals surface area (Å²) < 4.78 is 0. The van der Waals surface area contributed by atoms with Crippen LogP contribution in [0.15, 0.2) is 54.6 Å². The van der Waals surface area contributed by atoms with E-state index in [1.807, 2.05) is 0 Å². The fourth-order valence-electron chi connectivity index (χ4n) is 1.93. The highest BCUT2D eigenvalue weighted by Gasteiger charge is 2.04. The summed E-state index contributed by atoms with van der Waals surface area (Å²) in [5, 5.41) is 3.56. The van der Waals surface area contributed by atoms with Gasteiger partial charge in [0.2, 0.25) is 0 Å². The molecule has 0 saturated heterocycles. The third-order valence-electron chi connectivity index (χ3n) is 3.16. The van der Waals surface area contributed by atoms with Gasteiger partial charge in [0.25, 0.3) is 0 Å². The molecule has 0 aliphatic rings. The zero-order valence-electron chi connectivity index (χ0n) is 10.5. The minimum absolute atomic E-state index is 0.385. The van der Waals surface area contributed by atoms with Gasteiger partial charge < -0.3 is 5.32 Å². The number of rotatable bonds is 4. The van der Waals surface area contributed by atoms with Gasteiger partial charge in [0.1, 0.15) is 0 Å². The summed E-state index contributed by atoms with van der Waals surface area (Å²) in [5.74, 6) is 0. The Balaban J connectivity index is 1.97. The first-order valence-corrected chi connectivity index (χ1v) is 6.10. The van der Waals surface area contributed by atoms with Crippen molar-refractivity contribution >= 4 is 0 Å². The zero-order chi connectivity index (χ0) is 12.1. The molecule has 0 saturated carbocycles. The molecule has 1 nitrogen and oxygen atoms in total. The lowest BCUT2D eigenvalue weighted by Crippen LogP contribution is -2.18. The molecule has 0 aliphatic carbocycles. The highest BCUT2D eigenvalue weighted by Crippen LogP contribution is 2.13. The van der Waals surface area contributed by atoms with Crippen LogP contribution in [0.1, 0.15) is 29.7 Å². The van der Waals surface area contributed by atoms with Gasteiger partial charge in [-0.25, -0.2) is 0 Å². The summed E-state index contributed by atoms with van der Waals surface area (Å²) in [7, 11) is 0. The van der Waals surface area contributed by atoms with Gasteiger partial charge in [-0.15, -0.1) is 0 Å². The van der Waals surface area contributed by atoms with E-state index in [9.17, 15) is 0 Å². The molecular formula is C16H19N. The second-order valence-corrected chi connectivity index (χ2v) is 4.44. The molecule has 0 fully saturated rings. The van der Waals surface area contributed by atoms with E-state index >= 15 is 0 Å². The van der Waals surface area contributed by atoms with Crippen LogP contribution in [0.25, 0.3) is 0 Å². The van der Waals surface area contributed by atoms with E-state index in [-0.39, 0.29) is 0 Å². The fourth-order valence-corrected chi connectivity index (χ4v) is 1.93. The summed E-state index contributed by atoms with van der Waals surface area (Å²) in [4.78, 5) is 0. The molecule has 0 bridgehead atoms. The van der Waals surface area contributed by atoms with Crippen LogP contribution in [0, 0.1) is 6.92 Å². The van der Waals surface area contributed by atoms with Crippen molar-refractivity contribution in [1.29, 1.82) is 0 Å². The summed E-state index contributed by atoms with van der Waals surface area (Å²) in [5.41, 5.74) is 4.05. The van der Waals surface area contributed by atoms with Crippen LogP contribution in [-0.4, -0.2) is 0 Å². The maximum atomic E-state index is 3.56. The monoisotopic (exact) mass is 225 g/mol. The Morgan fingerprint density at radius 1 is 0.941 bits per heavy atom. The van der Waals surface area contributed by atoms with Crippen LogP contribution in [0.3, 0.4) is 0 Å². The van der Waals surface area contributed by atoms with Crippen molar-refractivity contribution in [3.05, 3.63) is 71.3 Å². The molecule has 2 aromatic rings. The Kier molecular flexibility index (Phi) is 3.94. The van der Waals surface area contributed by atoms with Crippen LogP contribution in [0.5, 0.6) is 0 Å². The first kappa shape index (κ1) is 11.9. The highest BCUT2D eigenvalue weighted by atomic mass is 14.9. The Morgan fingerprint density at radius 3 is 2.29 bits per heavy atom. The van der Waals surface area contributed by atoms with Crippen molar-refractivity contribution in [2.24, 2.45) is 0 Å². The normalized spacial score (nSPS) is 12.4. The second kappa shape index (κ2) is 5.65. The molecule has 0 radical (unpaired) electrons. The quantitative estimate of drug-likeness (QED) is 0.833. The Labute approximate surface area is 103 Å². The zero-order valence-corrected chi connectivity index (χ0v) is 10.5. The highest BCUT2D eigenvalue weighted by molar-refractivity contribution is 5.26. The number of aryl methyl sites for hydroxylation is 1. The molecule has 2 rings (SSSR count). The average molecular weight is 225 g/mol. The topological polar surface area (TPSA) is 12.0 Å². The summed E-state index contributed by atoms with van der Waals surface area (Å²) in [6.07, 6.45) is 0. The predicted molar refractivity (Wildman–Crippen MR) is 72.9 cm³/mol. The van der Waals surface area contributed by atoms with E-state index in [0.29, 0.717) is 6.04 Å².